The maximum atomic E-state index is 11.6. The largest absolute Gasteiger partial charge is 0.325 e. The fourth-order valence-electron chi connectivity index (χ4n) is 0.645. The highest BCUT2D eigenvalue weighted by atomic mass is 31.2. The fourth-order valence-corrected chi connectivity index (χ4v) is 1.93. The summed E-state index contributed by atoms with van der Waals surface area (Å²) in [6.07, 6.45) is 0.341. The van der Waals surface area contributed by atoms with E-state index in [0.717, 1.165) is 0 Å². The van der Waals surface area contributed by atoms with Gasteiger partial charge in [-0.15, -0.1) is 0 Å². The minimum absolute atomic E-state index is 0.0573. The van der Waals surface area contributed by atoms with E-state index in [4.69, 9.17) is 9.79 Å². The molecule has 1 unspecified atom stereocenters. The first kappa shape index (κ1) is 10.4. The highest BCUT2D eigenvalue weighted by molar-refractivity contribution is 7.63. The molecule has 0 heterocycles. The first-order valence-electron chi connectivity index (χ1n) is 3.44. The van der Waals surface area contributed by atoms with Gasteiger partial charge in [0.1, 0.15) is 11.4 Å². The molecule has 0 aromatic carbocycles. The van der Waals surface area contributed by atoms with Crippen LogP contribution in [-0.2, 0) is 9.09 Å². The first-order valence-corrected chi connectivity index (χ1v) is 5.24. The zero-order valence-electron chi connectivity index (χ0n) is 6.83. The van der Waals surface area contributed by atoms with Crippen molar-refractivity contribution >= 4 is 7.37 Å². The average Bonchev–Trinajstić information content (AvgIpc) is 2.03. The van der Waals surface area contributed by atoms with Crippen LogP contribution in [0.25, 0.3) is 0 Å². The van der Waals surface area contributed by atoms with Crippen LogP contribution in [0, 0.1) is 11.3 Å². The maximum absolute atomic E-state index is 11.6. The van der Waals surface area contributed by atoms with E-state index in [9.17, 15) is 4.57 Å². The highest BCUT2D eigenvalue weighted by Crippen LogP contribution is 2.53. The summed E-state index contributed by atoms with van der Waals surface area (Å²) in [5.74, 6) is 0. The van der Waals surface area contributed by atoms with Crippen molar-refractivity contribution in [3.8, 4) is 6.07 Å². The Balaban J connectivity index is 4.50. The molecule has 1 atom stereocenters. The molecule has 0 aromatic rings. The Hall–Kier alpha value is -0.580. The summed E-state index contributed by atoms with van der Waals surface area (Å²) in [7, 11) is -2.85. The molecular formula is C7H12NO2P. The van der Waals surface area contributed by atoms with Gasteiger partial charge in [0.05, 0.1) is 6.61 Å². The van der Waals surface area contributed by atoms with Crippen molar-refractivity contribution < 1.29 is 9.09 Å². The molecule has 0 aliphatic carbocycles. The van der Waals surface area contributed by atoms with Gasteiger partial charge in [-0.25, -0.2) is 0 Å². The van der Waals surface area contributed by atoms with E-state index in [1.807, 2.05) is 0 Å². The molecule has 0 rings (SSSR count). The summed E-state index contributed by atoms with van der Waals surface area (Å²) in [5.41, 5.74) is 0. The van der Waals surface area contributed by atoms with E-state index >= 15 is 0 Å². The Morgan fingerprint density at radius 3 is 2.55 bits per heavy atom. The molecule has 0 radical (unpaired) electrons. The summed E-state index contributed by atoms with van der Waals surface area (Å²) in [6, 6.07) is 1.76. The second kappa shape index (κ2) is 4.33. The molecule has 0 aliphatic rings. The molecule has 0 fully saturated rings. The lowest BCUT2D eigenvalue weighted by molar-refractivity contribution is 0.339. The number of nitrogens with zero attached hydrogens (tertiary/aromatic N) is 1. The SMILES string of the molecule is C=C(C#N)P(=O)(CC)OCC. The zero-order valence-corrected chi connectivity index (χ0v) is 7.73. The Bertz CT molecular complexity index is 229. The van der Waals surface area contributed by atoms with Gasteiger partial charge in [0.2, 0.25) is 7.37 Å². The van der Waals surface area contributed by atoms with Crippen molar-refractivity contribution in [2.24, 2.45) is 0 Å². The monoisotopic (exact) mass is 173 g/mol. The minimum Gasteiger partial charge on any atom is -0.325 e. The molecule has 0 amide bonds. The zero-order chi connectivity index (χ0) is 8.91. The summed E-state index contributed by atoms with van der Waals surface area (Å²) < 4.78 is 16.5. The lowest BCUT2D eigenvalue weighted by Gasteiger charge is -2.12. The molecule has 0 aromatic heterocycles. The molecule has 3 nitrogen and oxygen atoms in total. The first-order chi connectivity index (χ1) is 5.10. The van der Waals surface area contributed by atoms with Gasteiger partial charge in [0.25, 0.3) is 0 Å². The second-order valence-corrected chi connectivity index (χ2v) is 4.74. The van der Waals surface area contributed by atoms with Crippen LogP contribution in [0.1, 0.15) is 13.8 Å². The third kappa shape index (κ3) is 2.49. The van der Waals surface area contributed by atoms with Gasteiger partial charge in [0, 0.05) is 6.16 Å². The van der Waals surface area contributed by atoms with Crippen LogP contribution in [0.3, 0.4) is 0 Å². The van der Waals surface area contributed by atoms with Crippen molar-refractivity contribution in [3.05, 3.63) is 11.9 Å². The lowest BCUT2D eigenvalue weighted by atomic mass is 10.7. The van der Waals surface area contributed by atoms with Crippen molar-refractivity contribution in [1.29, 1.82) is 5.26 Å². The van der Waals surface area contributed by atoms with E-state index in [0.29, 0.717) is 12.8 Å². The molecule has 0 saturated carbocycles. The molecule has 11 heavy (non-hydrogen) atoms. The van der Waals surface area contributed by atoms with E-state index in [2.05, 4.69) is 6.58 Å². The van der Waals surface area contributed by atoms with Crippen molar-refractivity contribution in [2.45, 2.75) is 13.8 Å². The van der Waals surface area contributed by atoms with Gasteiger partial charge in [-0.2, -0.15) is 5.26 Å². The van der Waals surface area contributed by atoms with E-state index < -0.39 is 7.37 Å². The summed E-state index contributed by atoms with van der Waals surface area (Å²) in [5, 5.41) is 8.48. The molecule has 62 valence electrons. The van der Waals surface area contributed by atoms with Crippen LogP contribution in [0.4, 0.5) is 0 Å². The minimum atomic E-state index is -2.85. The molecule has 0 saturated heterocycles. The van der Waals surface area contributed by atoms with Crippen LogP contribution in [0.2, 0.25) is 0 Å². The fraction of sp³-hybridized carbons (Fsp3) is 0.571. The maximum Gasteiger partial charge on any atom is 0.241 e. The molecule has 0 bridgehead atoms. The van der Waals surface area contributed by atoms with Crippen molar-refractivity contribution in [3.63, 3.8) is 0 Å². The van der Waals surface area contributed by atoms with Crippen molar-refractivity contribution in [2.75, 3.05) is 12.8 Å². The van der Waals surface area contributed by atoms with Gasteiger partial charge in [0.15, 0.2) is 0 Å². The smallest absolute Gasteiger partial charge is 0.241 e. The Morgan fingerprint density at radius 2 is 2.27 bits per heavy atom. The predicted molar refractivity (Wildman–Crippen MR) is 44.5 cm³/mol. The Morgan fingerprint density at radius 1 is 1.73 bits per heavy atom. The van der Waals surface area contributed by atoms with Gasteiger partial charge in [-0.1, -0.05) is 13.5 Å². The third-order valence-electron chi connectivity index (χ3n) is 1.29. The third-order valence-corrected chi connectivity index (χ3v) is 3.72. The van der Waals surface area contributed by atoms with Crippen LogP contribution >= 0.6 is 7.37 Å². The van der Waals surface area contributed by atoms with E-state index in [1.165, 1.54) is 0 Å². The topological polar surface area (TPSA) is 50.1 Å². The number of rotatable bonds is 4. The quantitative estimate of drug-likeness (QED) is 0.484. The predicted octanol–water partition coefficient (Wildman–Crippen LogP) is 2.36. The second-order valence-electron chi connectivity index (χ2n) is 1.97. The van der Waals surface area contributed by atoms with Gasteiger partial charge < -0.3 is 4.52 Å². The summed E-state index contributed by atoms with van der Waals surface area (Å²) in [4.78, 5) is 0. The Kier molecular flexibility index (Phi) is 4.10. The van der Waals surface area contributed by atoms with Crippen LogP contribution < -0.4 is 0 Å². The molecule has 4 heteroatoms. The number of allylic oxidation sites excluding steroid dienone is 1. The standard InChI is InChI=1S/C7H12NO2P/c1-4-10-11(9,5-2)7(3)6-8/h3-5H2,1-2H3. The van der Waals surface area contributed by atoms with Crippen LogP contribution in [-0.4, -0.2) is 12.8 Å². The van der Waals surface area contributed by atoms with Gasteiger partial charge in [-0.05, 0) is 6.92 Å². The van der Waals surface area contributed by atoms with E-state index in [1.54, 1.807) is 19.9 Å². The highest BCUT2D eigenvalue weighted by Gasteiger charge is 2.23. The van der Waals surface area contributed by atoms with Crippen LogP contribution in [0.15, 0.2) is 11.9 Å². The summed E-state index contributed by atoms with van der Waals surface area (Å²) in [6.45, 7) is 7.20. The van der Waals surface area contributed by atoms with Gasteiger partial charge in [-0.3, -0.25) is 4.57 Å². The molecule has 0 spiro atoms. The molecular weight excluding hydrogens is 161 g/mol. The lowest BCUT2D eigenvalue weighted by Crippen LogP contribution is -1.93. The van der Waals surface area contributed by atoms with Gasteiger partial charge >= 0.3 is 0 Å². The average molecular weight is 173 g/mol. The Labute approximate surface area is 67.1 Å². The number of hydrogen-bond donors (Lipinski definition) is 0. The van der Waals surface area contributed by atoms with Crippen LogP contribution in [0.5, 0.6) is 0 Å². The molecule has 0 N–H and O–H groups in total. The normalized spacial score (nSPS) is 15.0. The number of hydrogen-bond acceptors (Lipinski definition) is 3. The summed E-state index contributed by atoms with van der Waals surface area (Å²) >= 11 is 0. The number of nitriles is 1. The van der Waals surface area contributed by atoms with Crippen molar-refractivity contribution in [1.82, 2.24) is 0 Å². The molecule has 0 aliphatic heterocycles. The van der Waals surface area contributed by atoms with E-state index in [-0.39, 0.29) is 5.31 Å².